The van der Waals surface area contributed by atoms with Crippen molar-refractivity contribution < 1.29 is 0 Å². The Balaban J connectivity index is 0.00000208. The number of anilines is 1. The van der Waals surface area contributed by atoms with E-state index in [4.69, 9.17) is 5.73 Å². The summed E-state index contributed by atoms with van der Waals surface area (Å²) in [6.45, 7) is 4.82. The first-order chi connectivity index (χ1) is 11.1. The molecule has 0 unspecified atom stereocenters. The number of hydrogen-bond donors (Lipinski definition) is 3. The number of H-pyrrole nitrogens is 1. The van der Waals surface area contributed by atoms with Crippen molar-refractivity contribution in [3.63, 3.8) is 0 Å². The number of hydrogen-bond acceptors (Lipinski definition) is 1. The van der Waals surface area contributed by atoms with E-state index in [0.29, 0.717) is 12.5 Å². The third kappa shape index (κ3) is 4.29. The van der Waals surface area contributed by atoms with Gasteiger partial charge in [0, 0.05) is 28.8 Å². The second-order valence-corrected chi connectivity index (χ2v) is 5.78. The highest BCUT2D eigenvalue weighted by Gasteiger charge is 2.07. The molecule has 0 saturated heterocycles. The lowest BCUT2D eigenvalue weighted by atomic mass is 10.1. The van der Waals surface area contributed by atoms with E-state index in [1.165, 1.54) is 27.7 Å². The number of nitrogens with one attached hydrogen (secondary N) is 2. The van der Waals surface area contributed by atoms with E-state index in [0.717, 1.165) is 12.1 Å². The molecule has 0 radical (unpaired) electrons. The Morgan fingerprint density at radius 1 is 1.08 bits per heavy atom. The van der Waals surface area contributed by atoms with Crippen LogP contribution in [0.3, 0.4) is 0 Å². The van der Waals surface area contributed by atoms with Crippen LogP contribution < -0.4 is 11.1 Å². The van der Waals surface area contributed by atoms with Crippen LogP contribution in [0.25, 0.3) is 10.9 Å². The SMILES string of the molecule is Cc1ccc(NC(N)=NCCc2c(C)[nH]c3ccccc23)cc1.I. The van der Waals surface area contributed by atoms with Crippen molar-refractivity contribution in [2.75, 3.05) is 11.9 Å². The molecule has 0 atom stereocenters. The van der Waals surface area contributed by atoms with E-state index in [2.05, 4.69) is 47.3 Å². The van der Waals surface area contributed by atoms with Crippen LogP contribution in [0.2, 0.25) is 0 Å². The van der Waals surface area contributed by atoms with Crippen LogP contribution >= 0.6 is 24.0 Å². The maximum absolute atomic E-state index is 5.97. The molecule has 126 valence electrons. The Kier molecular flexibility index (Phi) is 6.25. The van der Waals surface area contributed by atoms with Crippen LogP contribution in [0.4, 0.5) is 5.69 Å². The average molecular weight is 434 g/mol. The number of halogens is 1. The molecule has 3 aromatic rings. The van der Waals surface area contributed by atoms with Crippen molar-refractivity contribution in [3.05, 3.63) is 65.4 Å². The van der Waals surface area contributed by atoms with E-state index in [1.54, 1.807) is 0 Å². The summed E-state index contributed by atoms with van der Waals surface area (Å²) in [5.41, 5.74) is 11.8. The number of benzene rings is 2. The van der Waals surface area contributed by atoms with Crippen molar-refractivity contribution in [1.29, 1.82) is 0 Å². The van der Waals surface area contributed by atoms with Crippen LogP contribution in [-0.4, -0.2) is 17.5 Å². The number of nitrogens with two attached hydrogens (primary N) is 1. The van der Waals surface area contributed by atoms with Gasteiger partial charge in [-0.2, -0.15) is 0 Å². The summed E-state index contributed by atoms with van der Waals surface area (Å²) < 4.78 is 0. The zero-order valence-corrected chi connectivity index (χ0v) is 16.3. The topological polar surface area (TPSA) is 66.2 Å². The van der Waals surface area contributed by atoms with Crippen LogP contribution in [0.5, 0.6) is 0 Å². The van der Waals surface area contributed by atoms with Gasteiger partial charge in [-0.05, 0) is 44.0 Å². The Labute approximate surface area is 159 Å². The van der Waals surface area contributed by atoms with Crippen molar-refractivity contribution in [2.24, 2.45) is 10.7 Å². The van der Waals surface area contributed by atoms with Crippen molar-refractivity contribution in [2.45, 2.75) is 20.3 Å². The minimum atomic E-state index is 0. The van der Waals surface area contributed by atoms with Gasteiger partial charge in [-0.1, -0.05) is 35.9 Å². The molecule has 0 fully saturated rings. The molecule has 0 aliphatic carbocycles. The van der Waals surface area contributed by atoms with Gasteiger partial charge >= 0.3 is 0 Å². The van der Waals surface area contributed by atoms with E-state index >= 15 is 0 Å². The average Bonchev–Trinajstić information content (AvgIpc) is 2.86. The van der Waals surface area contributed by atoms with Crippen LogP contribution in [0, 0.1) is 13.8 Å². The van der Waals surface area contributed by atoms with Gasteiger partial charge in [-0.3, -0.25) is 4.99 Å². The van der Waals surface area contributed by atoms with E-state index < -0.39 is 0 Å². The number of aryl methyl sites for hydroxylation is 2. The Bertz CT molecular complexity index is 834. The van der Waals surface area contributed by atoms with Gasteiger partial charge in [-0.15, -0.1) is 24.0 Å². The minimum Gasteiger partial charge on any atom is -0.370 e. The number of nitrogens with zero attached hydrogens (tertiary/aromatic N) is 1. The van der Waals surface area contributed by atoms with Gasteiger partial charge in [0.15, 0.2) is 5.96 Å². The fourth-order valence-electron chi connectivity index (χ4n) is 2.77. The van der Waals surface area contributed by atoms with Gasteiger partial charge in [-0.25, -0.2) is 0 Å². The fraction of sp³-hybridized carbons (Fsp3) is 0.211. The summed E-state index contributed by atoms with van der Waals surface area (Å²) >= 11 is 0. The first kappa shape index (κ1) is 18.3. The summed E-state index contributed by atoms with van der Waals surface area (Å²) in [6, 6.07) is 16.5. The largest absolute Gasteiger partial charge is 0.370 e. The van der Waals surface area contributed by atoms with Crippen molar-refractivity contribution in [3.8, 4) is 0 Å². The molecule has 0 saturated carbocycles. The molecule has 2 aromatic carbocycles. The molecule has 0 spiro atoms. The zero-order valence-electron chi connectivity index (χ0n) is 14.0. The van der Waals surface area contributed by atoms with E-state index in [-0.39, 0.29) is 24.0 Å². The fourth-order valence-corrected chi connectivity index (χ4v) is 2.77. The van der Waals surface area contributed by atoms with E-state index in [1.807, 2.05) is 30.3 Å². The highest BCUT2D eigenvalue weighted by atomic mass is 127. The van der Waals surface area contributed by atoms with Crippen LogP contribution in [0.1, 0.15) is 16.8 Å². The third-order valence-electron chi connectivity index (χ3n) is 3.99. The number of aliphatic imine (C=N–C) groups is 1. The molecule has 24 heavy (non-hydrogen) atoms. The molecule has 5 heteroatoms. The second-order valence-electron chi connectivity index (χ2n) is 5.78. The molecule has 4 N–H and O–H groups in total. The molecule has 0 aliphatic heterocycles. The number of guanidine groups is 1. The summed E-state index contributed by atoms with van der Waals surface area (Å²) in [5, 5.41) is 4.39. The molecule has 4 nitrogen and oxygen atoms in total. The van der Waals surface area contributed by atoms with Crippen LogP contribution in [0.15, 0.2) is 53.5 Å². The lowest BCUT2D eigenvalue weighted by Gasteiger charge is -2.06. The predicted molar refractivity (Wildman–Crippen MR) is 113 cm³/mol. The highest BCUT2D eigenvalue weighted by Crippen LogP contribution is 2.22. The molecule has 0 amide bonds. The maximum atomic E-state index is 5.97. The predicted octanol–water partition coefficient (Wildman–Crippen LogP) is 4.37. The van der Waals surface area contributed by atoms with Gasteiger partial charge in [0.25, 0.3) is 0 Å². The highest BCUT2D eigenvalue weighted by molar-refractivity contribution is 14.0. The smallest absolute Gasteiger partial charge is 0.193 e. The van der Waals surface area contributed by atoms with Gasteiger partial charge in [0.2, 0.25) is 0 Å². The molecule has 3 rings (SSSR count). The summed E-state index contributed by atoms with van der Waals surface area (Å²) in [7, 11) is 0. The quantitative estimate of drug-likeness (QED) is 0.324. The Morgan fingerprint density at radius 3 is 2.54 bits per heavy atom. The minimum absolute atomic E-state index is 0. The number of fused-ring (bicyclic) bond motifs is 1. The maximum Gasteiger partial charge on any atom is 0.193 e. The summed E-state index contributed by atoms with van der Waals surface area (Å²) in [4.78, 5) is 7.85. The van der Waals surface area contributed by atoms with E-state index in [9.17, 15) is 0 Å². The molecular weight excluding hydrogens is 411 g/mol. The number of aromatic amines is 1. The Hall–Kier alpha value is -2.02. The normalized spacial score (nSPS) is 11.3. The Morgan fingerprint density at radius 2 is 1.79 bits per heavy atom. The second kappa shape index (κ2) is 8.19. The van der Waals surface area contributed by atoms with Crippen LogP contribution in [-0.2, 0) is 6.42 Å². The molecular formula is C19H23IN4. The first-order valence-electron chi connectivity index (χ1n) is 7.83. The molecule has 1 heterocycles. The zero-order chi connectivity index (χ0) is 16.2. The molecule has 1 aromatic heterocycles. The number of rotatable bonds is 4. The van der Waals surface area contributed by atoms with Crippen molar-refractivity contribution in [1.82, 2.24) is 4.98 Å². The number of para-hydroxylation sites is 1. The lowest BCUT2D eigenvalue weighted by molar-refractivity contribution is 0.959. The first-order valence-corrected chi connectivity index (χ1v) is 7.83. The molecule has 0 bridgehead atoms. The molecule has 0 aliphatic rings. The summed E-state index contributed by atoms with van der Waals surface area (Å²) in [6.07, 6.45) is 0.867. The third-order valence-corrected chi connectivity index (χ3v) is 3.99. The number of aromatic nitrogens is 1. The lowest BCUT2D eigenvalue weighted by Crippen LogP contribution is -2.23. The van der Waals surface area contributed by atoms with Crippen molar-refractivity contribution >= 4 is 46.5 Å². The van der Waals surface area contributed by atoms with Gasteiger partial charge < -0.3 is 16.0 Å². The summed E-state index contributed by atoms with van der Waals surface area (Å²) in [5.74, 6) is 0.450. The van der Waals surface area contributed by atoms with Gasteiger partial charge in [0.1, 0.15) is 0 Å². The standard InChI is InChI=1S/C19H22N4.HI/c1-13-7-9-15(10-8-13)23-19(20)21-12-11-16-14(2)22-18-6-4-3-5-17(16)18;/h3-10,22H,11-12H2,1-2H3,(H3,20,21,23);1H. The monoisotopic (exact) mass is 434 g/mol. The van der Waals surface area contributed by atoms with Gasteiger partial charge in [0.05, 0.1) is 0 Å².